The van der Waals surface area contributed by atoms with E-state index in [1.54, 1.807) is 26.8 Å². The first kappa shape index (κ1) is 32.1. The first-order valence-corrected chi connectivity index (χ1v) is 14.1. The number of nitrogens with two attached hydrogens (primary N) is 1. The third-order valence-corrected chi connectivity index (χ3v) is 7.03. The van der Waals surface area contributed by atoms with Crippen LogP contribution in [0.2, 0.25) is 0 Å². The average Bonchev–Trinajstić information content (AvgIpc) is 2.89. The van der Waals surface area contributed by atoms with Gasteiger partial charge in [-0.25, -0.2) is 4.79 Å². The number of hydrogen-bond donors (Lipinski definition) is 3. The van der Waals surface area contributed by atoms with Gasteiger partial charge in [-0.2, -0.15) is 0 Å². The lowest BCUT2D eigenvalue weighted by Gasteiger charge is -2.44. The predicted molar refractivity (Wildman–Crippen MR) is 165 cm³/mol. The molecule has 42 heavy (non-hydrogen) atoms. The molecule has 0 radical (unpaired) electrons. The number of anilines is 1. The van der Waals surface area contributed by atoms with Gasteiger partial charge in [0.1, 0.15) is 17.7 Å². The molecule has 0 bridgehead atoms. The smallest absolute Gasteiger partial charge is 0.408 e. The number of amides is 4. The molecule has 0 fully saturated rings. The van der Waals surface area contributed by atoms with E-state index in [0.717, 1.165) is 16.3 Å². The molecule has 3 aromatic carbocycles. The molecule has 0 aliphatic rings. The monoisotopic (exact) mass is 574 g/mol. The molecule has 3 aromatic rings. The fourth-order valence-corrected chi connectivity index (χ4v) is 4.70. The lowest BCUT2D eigenvalue weighted by Crippen LogP contribution is -2.59. The van der Waals surface area contributed by atoms with Gasteiger partial charge in [-0.1, -0.05) is 67.1 Å². The number of rotatable bonds is 10. The Labute approximate surface area is 247 Å². The zero-order chi connectivity index (χ0) is 31.2. The number of nitrogens with one attached hydrogen (secondary N) is 2. The minimum Gasteiger partial charge on any atom is -0.444 e. The fraction of sp³-hybridized carbons (Fsp3) is 0.394. The molecule has 0 aliphatic carbocycles. The molecule has 0 aromatic heterocycles. The van der Waals surface area contributed by atoms with Crippen LogP contribution in [-0.4, -0.2) is 45.9 Å². The largest absolute Gasteiger partial charge is 0.444 e. The molecule has 3 rings (SSSR count). The molecule has 0 saturated heterocycles. The molecule has 2 unspecified atom stereocenters. The van der Waals surface area contributed by atoms with Crippen molar-refractivity contribution in [2.75, 3.05) is 5.32 Å². The summed E-state index contributed by atoms with van der Waals surface area (Å²) in [6.07, 6.45) is -0.870. The molecule has 9 nitrogen and oxygen atoms in total. The molecule has 0 saturated carbocycles. The molecular formula is C33H42N4O5. The fourth-order valence-electron chi connectivity index (χ4n) is 4.70. The SMILES string of the molecule is CCC(C)(C)N(C(=O)C(CC(N)=O)NC(=O)OC(C)(C)C)C(C(=O)Nc1ccc2ccccc2c1)c1cccc(C)c1. The summed E-state index contributed by atoms with van der Waals surface area (Å²) in [5.74, 6) is -1.86. The lowest BCUT2D eigenvalue weighted by molar-refractivity contribution is -0.148. The van der Waals surface area contributed by atoms with Crippen LogP contribution < -0.4 is 16.4 Å². The van der Waals surface area contributed by atoms with Gasteiger partial charge in [0.25, 0.3) is 5.91 Å². The number of ether oxygens (including phenoxy) is 1. The first-order chi connectivity index (χ1) is 19.6. The van der Waals surface area contributed by atoms with Crippen LogP contribution in [0.1, 0.15) is 71.6 Å². The Balaban J connectivity index is 2.11. The van der Waals surface area contributed by atoms with Gasteiger partial charge < -0.3 is 26.0 Å². The highest BCUT2D eigenvalue weighted by molar-refractivity contribution is 6.01. The van der Waals surface area contributed by atoms with E-state index in [2.05, 4.69) is 10.6 Å². The summed E-state index contributed by atoms with van der Waals surface area (Å²) in [5.41, 5.74) is 5.85. The van der Waals surface area contributed by atoms with Crippen molar-refractivity contribution >= 4 is 40.3 Å². The summed E-state index contributed by atoms with van der Waals surface area (Å²) in [6, 6.07) is 18.3. The maximum atomic E-state index is 14.4. The molecule has 2 atom stereocenters. The second kappa shape index (κ2) is 13.1. The Kier molecular flexibility index (Phi) is 9.99. The predicted octanol–water partition coefficient (Wildman–Crippen LogP) is 5.61. The van der Waals surface area contributed by atoms with Gasteiger partial charge in [-0.3, -0.25) is 14.4 Å². The van der Waals surface area contributed by atoms with Crippen molar-refractivity contribution in [1.82, 2.24) is 10.2 Å². The first-order valence-electron chi connectivity index (χ1n) is 14.1. The van der Waals surface area contributed by atoms with Gasteiger partial charge in [-0.05, 0) is 76.4 Å². The number of carbonyl (C=O) groups excluding carboxylic acids is 4. The molecule has 9 heteroatoms. The van der Waals surface area contributed by atoms with Crippen LogP contribution in [-0.2, 0) is 19.1 Å². The van der Waals surface area contributed by atoms with Crippen LogP contribution in [0.3, 0.4) is 0 Å². The molecule has 0 spiro atoms. The number of aryl methyl sites for hydroxylation is 1. The highest BCUT2D eigenvalue weighted by atomic mass is 16.6. The van der Waals surface area contributed by atoms with E-state index in [1.807, 2.05) is 88.4 Å². The van der Waals surface area contributed by atoms with E-state index in [1.165, 1.54) is 4.90 Å². The van der Waals surface area contributed by atoms with Crippen molar-refractivity contribution in [1.29, 1.82) is 0 Å². The molecule has 4 amide bonds. The van der Waals surface area contributed by atoms with Crippen molar-refractivity contribution in [3.63, 3.8) is 0 Å². The normalized spacial score (nSPS) is 13.1. The van der Waals surface area contributed by atoms with Gasteiger partial charge in [0.15, 0.2) is 0 Å². The number of alkyl carbamates (subject to hydrolysis) is 1. The molecule has 4 N–H and O–H groups in total. The third kappa shape index (κ3) is 8.31. The van der Waals surface area contributed by atoms with Crippen molar-refractivity contribution in [2.24, 2.45) is 5.73 Å². The van der Waals surface area contributed by atoms with Crippen molar-refractivity contribution in [3.05, 3.63) is 77.9 Å². The van der Waals surface area contributed by atoms with Crippen molar-refractivity contribution in [2.45, 2.75) is 84.5 Å². The number of fused-ring (bicyclic) bond motifs is 1. The summed E-state index contributed by atoms with van der Waals surface area (Å²) >= 11 is 0. The maximum absolute atomic E-state index is 14.4. The van der Waals surface area contributed by atoms with E-state index < -0.39 is 53.5 Å². The number of carbonyl (C=O) groups is 4. The maximum Gasteiger partial charge on any atom is 0.408 e. The van der Waals surface area contributed by atoms with Crippen molar-refractivity contribution in [3.8, 4) is 0 Å². The minimum absolute atomic E-state index is 0.444. The van der Waals surface area contributed by atoms with Gasteiger partial charge in [0.2, 0.25) is 11.8 Å². The van der Waals surface area contributed by atoms with E-state index >= 15 is 0 Å². The molecular weight excluding hydrogens is 532 g/mol. The number of benzene rings is 3. The van der Waals surface area contributed by atoms with Crippen LogP contribution >= 0.6 is 0 Å². The quantitative estimate of drug-likeness (QED) is 0.290. The molecule has 0 aliphatic heterocycles. The van der Waals surface area contributed by atoms with E-state index in [-0.39, 0.29) is 0 Å². The van der Waals surface area contributed by atoms with Crippen LogP contribution in [0.25, 0.3) is 10.8 Å². The van der Waals surface area contributed by atoms with Crippen LogP contribution in [0.15, 0.2) is 66.7 Å². The summed E-state index contributed by atoms with van der Waals surface area (Å²) < 4.78 is 5.36. The number of primary amides is 1. The van der Waals surface area contributed by atoms with E-state index in [9.17, 15) is 19.2 Å². The van der Waals surface area contributed by atoms with Gasteiger partial charge in [0, 0.05) is 11.2 Å². The van der Waals surface area contributed by atoms with E-state index in [0.29, 0.717) is 17.7 Å². The Morgan fingerprint density at radius 1 is 0.905 bits per heavy atom. The van der Waals surface area contributed by atoms with Crippen LogP contribution in [0.5, 0.6) is 0 Å². The number of hydrogen-bond acceptors (Lipinski definition) is 5. The Hall–Kier alpha value is -4.40. The molecule has 224 valence electrons. The second-order valence-corrected chi connectivity index (χ2v) is 12.1. The highest BCUT2D eigenvalue weighted by Gasteiger charge is 2.43. The van der Waals surface area contributed by atoms with Crippen molar-refractivity contribution < 1.29 is 23.9 Å². The minimum atomic E-state index is -1.36. The van der Waals surface area contributed by atoms with E-state index in [4.69, 9.17) is 10.5 Å². The number of nitrogens with zero attached hydrogens (tertiary/aromatic N) is 1. The van der Waals surface area contributed by atoms with Gasteiger partial charge >= 0.3 is 6.09 Å². The van der Waals surface area contributed by atoms with Crippen LogP contribution in [0.4, 0.5) is 10.5 Å². The lowest BCUT2D eigenvalue weighted by atomic mass is 9.91. The zero-order valence-electron chi connectivity index (χ0n) is 25.5. The summed E-state index contributed by atoms with van der Waals surface area (Å²) in [4.78, 5) is 54.8. The third-order valence-electron chi connectivity index (χ3n) is 7.03. The zero-order valence-corrected chi connectivity index (χ0v) is 25.5. The van der Waals surface area contributed by atoms with Gasteiger partial charge in [0.05, 0.1) is 6.42 Å². The topological polar surface area (TPSA) is 131 Å². The molecule has 0 heterocycles. The Bertz CT molecular complexity index is 1460. The second-order valence-electron chi connectivity index (χ2n) is 12.1. The van der Waals surface area contributed by atoms with Gasteiger partial charge in [-0.15, -0.1) is 0 Å². The summed E-state index contributed by atoms with van der Waals surface area (Å²) in [7, 11) is 0. The standard InChI is InChI=1S/C33H42N4O5/c1-8-33(6,7)37(30(40)26(20-27(34)38)36-31(41)42-32(3,4)5)28(24-15-11-12-21(2)18-24)29(39)35-25-17-16-22-13-9-10-14-23(22)19-25/h9-19,26,28H,8,20H2,1-7H3,(H2,34,38)(H,35,39)(H,36,41). The highest BCUT2D eigenvalue weighted by Crippen LogP contribution is 2.34. The average molecular weight is 575 g/mol. The Morgan fingerprint density at radius 2 is 1.57 bits per heavy atom. The summed E-state index contributed by atoms with van der Waals surface area (Å²) in [5, 5.41) is 7.50. The summed E-state index contributed by atoms with van der Waals surface area (Å²) in [6.45, 7) is 12.5. The Morgan fingerprint density at radius 3 is 2.17 bits per heavy atom. The van der Waals surface area contributed by atoms with Crippen LogP contribution in [0, 0.1) is 6.92 Å².